The fraction of sp³-hybridized carbons (Fsp3) is 0.250. The maximum absolute atomic E-state index is 13.4. The zero-order valence-electron chi connectivity index (χ0n) is 11.0. The molecule has 0 heterocycles. The summed E-state index contributed by atoms with van der Waals surface area (Å²) >= 11 is 0. The third-order valence-corrected chi connectivity index (χ3v) is 2.95. The van der Waals surface area contributed by atoms with E-state index >= 15 is 0 Å². The average molecular weight is 316 g/mol. The van der Waals surface area contributed by atoms with Gasteiger partial charge in [0.2, 0.25) is 0 Å². The van der Waals surface area contributed by atoms with Crippen LogP contribution >= 0.6 is 0 Å². The highest BCUT2D eigenvalue weighted by atomic mass is 32.2. The number of hydrogen-bond donors (Lipinski definition) is 3. The lowest BCUT2D eigenvalue weighted by atomic mass is 10.2. The smallest absolute Gasteiger partial charge is 0.422 e. The number of ether oxygens (including phenoxy) is 1. The van der Waals surface area contributed by atoms with Gasteiger partial charge in [0.1, 0.15) is 12.4 Å². The molecule has 0 aliphatic carbocycles. The van der Waals surface area contributed by atoms with Crippen molar-refractivity contribution in [3.05, 3.63) is 29.6 Å². The van der Waals surface area contributed by atoms with Gasteiger partial charge in [-0.2, -0.15) is 8.42 Å². The summed E-state index contributed by atoms with van der Waals surface area (Å²) in [5, 5.41) is 8.55. The van der Waals surface area contributed by atoms with Gasteiger partial charge in [-0.05, 0) is 25.1 Å². The van der Waals surface area contributed by atoms with Crippen molar-refractivity contribution in [3.8, 4) is 11.8 Å². The van der Waals surface area contributed by atoms with E-state index in [1.54, 1.807) is 4.72 Å². The van der Waals surface area contributed by atoms with Gasteiger partial charge < -0.3 is 9.84 Å². The summed E-state index contributed by atoms with van der Waals surface area (Å²) in [6.45, 7) is 1.07. The summed E-state index contributed by atoms with van der Waals surface area (Å²) in [6.07, 6.45) is -1.13. The van der Waals surface area contributed by atoms with E-state index in [2.05, 4.69) is 16.6 Å². The van der Waals surface area contributed by atoms with E-state index in [1.165, 1.54) is 6.92 Å². The van der Waals surface area contributed by atoms with Gasteiger partial charge in [-0.15, -0.1) is 0 Å². The van der Waals surface area contributed by atoms with Gasteiger partial charge >= 0.3 is 16.3 Å². The molecule has 0 aromatic heterocycles. The van der Waals surface area contributed by atoms with Crippen LogP contribution in [0.25, 0.3) is 0 Å². The predicted octanol–water partition coefficient (Wildman–Crippen LogP) is 0.572. The topological polar surface area (TPSA) is 105 Å². The molecule has 0 saturated heterocycles. The summed E-state index contributed by atoms with van der Waals surface area (Å²) in [5.41, 5.74) is -0.101. The first-order valence-corrected chi connectivity index (χ1v) is 7.23. The number of rotatable bonds is 4. The van der Waals surface area contributed by atoms with Crippen molar-refractivity contribution in [1.29, 1.82) is 0 Å². The molecule has 1 aromatic carbocycles. The Morgan fingerprint density at radius 1 is 1.48 bits per heavy atom. The molecule has 0 saturated carbocycles. The second-order valence-electron chi connectivity index (χ2n) is 3.58. The maximum Gasteiger partial charge on any atom is 0.422 e. The summed E-state index contributed by atoms with van der Waals surface area (Å²) in [5.74, 6) is 3.90. The van der Waals surface area contributed by atoms with Gasteiger partial charge in [0.05, 0.1) is 17.9 Å². The van der Waals surface area contributed by atoms with E-state index in [0.29, 0.717) is 0 Å². The summed E-state index contributed by atoms with van der Waals surface area (Å²) in [6, 6.07) is 3.29. The van der Waals surface area contributed by atoms with Gasteiger partial charge in [-0.1, -0.05) is 11.8 Å². The highest BCUT2D eigenvalue weighted by Gasteiger charge is 2.15. The molecule has 0 aliphatic rings. The monoisotopic (exact) mass is 316 g/mol. The first kappa shape index (κ1) is 16.7. The van der Waals surface area contributed by atoms with Crippen molar-refractivity contribution in [2.45, 2.75) is 6.92 Å². The number of aliphatic hydroxyl groups is 1. The molecular formula is C12H13FN2O5S. The van der Waals surface area contributed by atoms with E-state index < -0.39 is 28.7 Å². The number of nitrogens with one attached hydrogen (secondary N) is 2. The van der Waals surface area contributed by atoms with Gasteiger partial charge in [-0.3, -0.25) is 4.72 Å². The molecule has 7 nitrogen and oxygen atoms in total. The highest BCUT2D eigenvalue weighted by molar-refractivity contribution is 7.91. The Hall–Kier alpha value is -2.31. The van der Waals surface area contributed by atoms with Crippen molar-refractivity contribution in [2.24, 2.45) is 0 Å². The number of hydrogen-bond acceptors (Lipinski definition) is 5. The van der Waals surface area contributed by atoms with Crippen LogP contribution in [0.1, 0.15) is 12.5 Å². The maximum atomic E-state index is 13.4. The average Bonchev–Trinajstić information content (AvgIpc) is 2.38. The van der Waals surface area contributed by atoms with Crippen LogP contribution in [0.3, 0.4) is 0 Å². The van der Waals surface area contributed by atoms with Crippen molar-refractivity contribution >= 4 is 22.0 Å². The number of anilines is 1. The Labute approximate surface area is 121 Å². The van der Waals surface area contributed by atoms with Crippen molar-refractivity contribution in [3.63, 3.8) is 0 Å². The third-order valence-electron chi connectivity index (χ3n) is 2.01. The van der Waals surface area contributed by atoms with E-state index in [0.717, 1.165) is 18.2 Å². The summed E-state index contributed by atoms with van der Waals surface area (Å²) in [7, 11) is -4.20. The van der Waals surface area contributed by atoms with Crippen LogP contribution in [0.4, 0.5) is 14.9 Å². The molecule has 0 fully saturated rings. The standard InChI is InChI=1S/C12H13FN2O5S/c1-2-20-12(17)15-21(18,19)14-10-5-6-11(13)9(8-10)4-3-7-16/h5-6,8,14,16H,2,7H2,1H3,(H,15,17). The number of benzene rings is 1. The Balaban J connectivity index is 2.90. The van der Waals surface area contributed by atoms with Gasteiger partial charge in [0.15, 0.2) is 0 Å². The molecule has 3 N–H and O–H groups in total. The third kappa shape index (κ3) is 5.68. The van der Waals surface area contributed by atoms with Crippen LogP contribution < -0.4 is 9.44 Å². The summed E-state index contributed by atoms with van der Waals surface area (Å²) in [4.78, 5) is 11.0. The van der Waals surface area contributed by atoms with Crippen LogP contribution in [-0.4, -0.2) is 32.8 Å². The Morgan fingerprint density at radius 3 is 2.81 bits per heavy atom. The number of amides is 1. The Bertz CT molecular complexity index is 679. The molecule has 0 unspecified atom stereocenters. The second kappa shape index (κ2) is 7.47. The largest absolute Gasteiger partial charge is 0.449 e. The van der Waals surface area contributed by atoms with Gasteiger partial charge in [0.25, 0.3) is 0 Å². The van der Waals surface area contributed by atoms with E-state index in [9.17, 15) is 17.6 Å². The SMILES string of the molecule is CCOC(=O)NS(=O)(=O)Nc1ccc(F)c(C#CCO)c1. The molecule has 0 radical (unpaired) electrons. The quantitative estimate of drug-likeness (QED) is 0.705. The zero-order chi connectivity index (χ0) is 15.9. The second-order valence-corrected chi connectivity index (χ2v) is 5.00. The van der Waals surface area contributed by atoms with Gasteiger partial charge in [-0.25, -0.2) is 13.9 Å². The molecule has 1 rings (SSSR count). The molecule has 1 amide bonds. The first-order valence-electron chi connectivity index (χ1n) is 5.74. The highest BCUT2D eigenvalue weighted by Crippen LogP contribution is 2.14. The zero-order valence-corrected chi connectivity index (χ0v) is 11.8. The van der Waals surface area contributed by atoms with Crippen LogP contribution in [0.15, 0.2) is 18.2 Å². The van der Waals surface area contributed by atoms with Crippen LogP contribution in [0.5, 0.6) is 0 Å². The van der Waals surface area contributed by atoms with Crippen LogP contribution in [0, 0.1) is 17.7 Å². The first-order chi connectivity index (χ1) is 9.88. The van der Waals surface area contributed by atoms with Crippen LogP contribution in [-0.2, 0) is 14.9 Å². The molecule has 0 bridgehead atoms. The lowest BCUT2D eigenvalue weighted by Crippen LogP contribution is -2.35. The minimum Gasteiger partial charge on any atom is -0.449 e. The molecule has 9 heteroatoms. The van der Waals surface area contributed by atoms with E-state index in [-0.39, 0.29) is 17.9 Å². The molecule has 114 valence electrons. The number of carbonyl (C=O) groups excluding carboxylic acids is 1. The molecular weight excluding hydrogens is 303 g/mol. The molecule has 21 heavy (non-hydrogen) atoms. The minimum atomic E-state index is -4.20. The van der Waals surface area contributed by atoms with E-state index in [4.69, 9.17) is 5.11 Å². The van der Waals surface area contributed by atoms with Crippen molar-refractivity contribution in [2.75, 3.05) is 17.9 Å². The number of aliphatic hydroxyl groups excluding tert-OH is 1. The predicted molar refractivity (Wildman–Crippen MR) is 73.1 cm³/mol. The van der Waals surface area contributed by atoms with Gasteiger partial charge in [0, 0.05) is 0 Å². The summed E-state index contributed by atoms with van der Waals surface area (Å²) < 4.78 is 44.7. The Morgan fingerprint density at radius 2 is 2.19 bits per heavy atom. The Kier molecular flexibility index (Phi) is 5.95. The minimum absolute atomic E-state index is 0.00422. The number of carbonyl (C=O) groups is 1. The lowest BCUT2D eigenvalue weighted by molar-refractivity contribution is 0.159. The van der Waals surface area contributed by atoms with Crippen molar-refractivity contribution in [1.82, 2.24) is 4.72 Å². The van der Waals surface area contributed by atoms with E-state index in [1.807, 2.05) is 4.72 Å². The molecule has 0 spiro atoms. The molecule has 0 aliphatic heterocycles. The fourth-order valence-corrected chi connectivity index (χ4v) is 2.04. The number of halogens is 1. The van der Waals surface area contributed by atoms with Crippen LogP contribution in [0.2, 0.25) is 0 Å². The normalized spacial score (nSPS) is 10.2. The fourth-order valence-electron chi connectivity index (χ4n) is 1.27. The van der Waals surface area contributed by atoms with Crippen molar-refractivity contribution < 1.29 is 27.4 Å². The molecule has 1 aromatic rings. The lowest BCUT2D eigenvalue weighted by Gasteiger charge is -2.09. The molecule has 0 atom stereocenters.